The third-order valence-electron chi connectivity index (χ3n) is 2.75. The second kappa shape index (κ2) is 4.38. The minimum Gasteiger partial charge on any atom is -0.340 e. The van der Waals surface area contributed by atoms with E-state index in [1.54, 1.807) is 17.7 Å². The fourth-order valence-electron chi connectivity index (χ4n) is 2.07. The van der Waals surface area contributed by atoms with E-state index in [9.17, 15) is 0 Å². The molecule has 0 fully saturated rings. The van der Waals surface area contributed by atoms with Gasteiger partial charge in [-0.05, 0) is 48.6 Å². The maximum Gasteiger partial charge on any atom is 0.142 e. The molecule has 0 bridgehead atoms. The minimum absolute atomic E-state index is 0.867. The number of nitrogens with zero attached hydrogens (tertiary/aromatic N) is 2. The molecule has 0 saturated heterocycles. The van der Waals surface area contributed by atoms with Crippen LogP contribution < -0.4 is 5.32 Å². The van der Waals surface area contributed by atoms with Crippen LogP contribution in [0.25, 0.3) is 10.2 Å². The number of anilines is 2. The molecule has 3 aromatic rings. The predicted molar refractivity (Wildman–Crippen MR) is 76.6 cm³/mol. The molecule has 0 unspecified atom stereocenters. The number of aryl methyl sites for hydroxylation is 2. The van der Waals surface area contributed by atoms with Gasteiger partial charge >= 0.3 is 0 Å². The summed E-state index contributed by atoms with van der Waals surface area (Å²) >= 11 is 1.63. The van der Waals surface area contributed by atoms with Gasteiger partial charge < -0.3 is 5.32 Å². The first kappa shape index (κ1) is 11.2. The van der Waals surface area contributed by atoms with E-state index in [1.165, 1.54) is 11.1 Å². The Morgan fingerprint density at radius 3 is 2.61 bits per heavy atom. The summed E-state index contributed by atoms with van der Waals surface area (Å²) in [4.78, 5) is 9.58. The molecule has 1 N–H and O–H groups in total. The van der Waals surface area contributed by atoms with Crippen LogP contribution in [0.3, 0.4) is 0 Å². The summed E-state index contributed by atoms with van der Waals surface area (Å²) in [6, 6.07) is 8.44. The highest BCUT2D eigenvalue weighted by atomic mass is 32.1. The zero-order chi connectivity index (χ0) is 12.5. The lowest BCUT2D eigenvalue weighted by Gasteiger charge is -2.08. The van der Waals surface area contributed by atoms with Gasteiger partial charge in [0.2, 0.25) is 0 Å². The van der Waals surface area contributed by atoms with E-state index in [2.05, 4.69) is 47.3 Å². The van der Waals surface area contributed by atoms with Crippen LogP contribution in [0.5, 0.6) is 0 Å². The first-order valence-electron chi connectivity index (χ1n) is 5.76. The van der Waals surface area contributed by atoms with E-state index >= 15 is 0 Å². The van der Waals surface area contributed by atoms with Crippen molar-refractivity contribution in [2.24, 2.45) is 0 Å². The average molecular weight is 255 g/mol. The van der Waals surface area contributed by atoms with Crippen LogP contribution in [0.1, 0.15) is 11.1 Å². The van der Waals surface area contributed by atoms with E-state index in [-0.39, 0.29) is 0 Å². The van der Waals surface area contributed by atoms with Gasteiger partial charge in [-0.2, -0.15) is 0 Å². The van der Waals surface area contributed by atoms with E-state index in [0.717, 1.165) is 21.7 Å². The zero-order valence-corrected chi connectivity index (χ0v) is 11.1. The molecule has 0 aliphatic rings. The van der Waals surface area contributed by atoms with Crippen LogP contribution in [-0.4, -0.2) is 9.97 Å². The van der Waals surface area contributed by atoms with Crippen molar-refractivity contribution in [2.45, 2.75) is 13.8 Å². The van der Waals surface area contributed by atoms with Crippen molar-refractivity contribution in [3.63, 3.8) is 0 Å². The van der Waals surface area contributed by atoms with Crippen molar-refractivity contribution in [1.82, 2.24) is 9.97 Å². The maximum atomic E-state index is 4.32. The molecule has 18 heavy (non-hydrogen) atoms. The molecule has 4 heteroatoms. The quantitative estimate of drug-likeness (QED) is 0.750. The molecule has 90 valence electrons. The van der Waals surface area contributed by atoms with E-state index in [0.29, 0.717) is 0 Å². The van der Waals surface area contributed by atoms with E-state index < -0.39 is 0 Å². The number of thiophene rings is 1. The zero-order valence-electron chi connectivity index (χ0n) is 10.3. The predicted octanol–water partition coefficient (Wildman–Crippen LogP) is 4.05. The molecule has 0 aliphatic heterocycles. The van der Waals surface area contributed by atoms with E-state index in [4.69, 9.17) is 0 Å². The summed E-state index contributed by atoms with van der Waals surface area (Å²) in [6.45, 7) is 4.19. The van der Waals surface area contributed by atoms with Gasteiger partial charge in [0.15, 0.2) is 0 Å². The number of fused-ring (bicyclic) bond motifs is 1. The van der Waals surface area contributed by atoms with Crippen molar-refractivity contribution in [3.05, 3.63) is 47.1 Å². The fourth-order valence-corrected chi connectivity index (χ4v) is 2.81. The lowest BCUT2D eigenvalue weighted by atomic mass is 10.1. The van der Waals surface area contributed by atoms with Crippen molar-refractivity contribution in [2.75, 3.05) is 5.32 Å². The molecule has 3 nitrogen and oxygen atoms in total. The average Bonchev–Trinajstić information content (AvgIpc) is 2.76. The normalized spacial score (nSPS) is 10.8. The number of aromatic nitrogens is 2. The summed E-state index contributed by atoms with van der Waals surface area (Å²) in [6.07, 6.45) is 1.60. The first-order valence-corrected chi connectivity index (χ1v) is 6.64. The topological polar surface area (TPSA) is 37.8 Å². The third kappa shape index (κ3) is 2.07. The maximum absolute atomic E-state index is 4.32. The second-order valence-corrected chi connectivity index (χ2v) is 5.26. The lowest BCUT2D eigenvalue weighted by molar-refractivity contribution is 1.23. The molecular weight excluding hydrogens is 242 g/mol. The summed E-state index contributed by atoms with van der Waals surface area (Å²) in [5.74, 6) is 0.867. The summed E-state index contributed by atoms with van der Waals surface area (Å²) in [5.41, 5.74) is 3.56. The number of rotatable bonds is 2. The summed E-state index contributed by atoms with van der Waals surface area (Å²) in [7, 11) is 0. The fraction of sp³-hybridized carbons (Fsp3) is 0.143. The monoisotopic (exact) mass is 255 g/mol. The SMILES string of the molecule is Cc1cc(C)cc(Nc2ncnc3sccc23)c1. The number of nitrogens with one attached hydrogen (secondary N) is 1. The highest BCUT2D eigenvalue weighted by molar-refractivity contribution is 7.16. The Morgan fingerprint density at radius 1 is 1.06 bits per heavy atom. The molecule has 3 rings (SSSR count). The van der Waals surface area contributed by atoms with Crippen LogP contribution in [0, 0.1) is 13.8 Å². The molecule has 2 heterocycles. The van der Waals surface area contributed by atoms with Crippen molar-refractivity contribution >= 4 is 33.1 Å². The number of hydrogen-bond acceptors (Lipinski definition) is 4. The second-order valence-electron chi connectivity index (χ2n) is 4.36. The molecule has 2 aromatic heterocycles. The Bertz CT molecular complexity index is 683. The summed E-state index contributed by atoms with van der Waals surface area (Å²) in [5, 5.41) is 6.47. The molecule has 0 radical (unpaired) electrons. The van der Waals surface area contributed by atoms with Gasteiger partial charge in [-0.1, -0.05) is 6.07 Å². The van der Waals surface area contributed by atoms with Crippen molar-refractivity contribution in [3.8, 4) is 0 Å². The third-order valence-corrected chi connectivity index (χ3v) is 3.57. The standard InChI is InChI=1S/C14H13N3S/c1-9-5-10(2)7-11(6-9)17-13-12-3-4-18-14(12)16-8-15-13/h3-8H,1-2H3,(H,15,16,17). The number of benzene rings is 1. The Labute approximate surface area is 110 Å². The molecule has 1 aromatic carbocycles. The van der Waals surface area contributed by atoms with E-state index in [1.807, 2.05) is 11.4 Å². The molecule has 0 aliphatic carbocycles. The Kier molecular flexibility index (Phi) is 2.72. The molecule has 0 amide bonds. The smallest absolute Gasteiger partial charge is 0.142 e. The minimum atomic E-state index is 0.867. The van der Waals surface area contributed by atoms with Gasteiger partial charge in [0.05, 0.1) is 5.39 Å². The van der Waals surface area contributed by atoms with Crippen LogP contribution in [0.4, 0.5) is 11.5 Å². The van der Waals surface area contributed by atoms with Crippen LogP contribution in [0.2, 0.25) is 0 Å². The molecular formula is C14H13N3S. The Balaban J connectivity index is 2.03. The molecule has 0 atom stereocenters. The number of hydrogen-bond donors (Lipinski definition) is 1. The van der Waals surface area contributed by atoms with Crippen LogP contribution in [-0.2, 0) is 0 Å². The molecule has 0 saturated carbocycles. The largest absolute Gasteiger partial charge is 0.340 e. The molecule has 0 spiro atoms. The van der Waals surface area contributed by atoms with Gasteiger partial charge in [0.1, 0.15) is 17.0 Å². The Hall–Kier alpha value is -1.94. The van der Waals surface area contributed by atoms with Crippen LogP contribution >= 0.6 is 11.3 Å². The summed E-state index contributed by atoms with van der Waals surface area (Å²) < 4.78 is 0. The van der Waals surface area contributed by atoms with Gasteiger partial charge in [0, 0.05) is 5.69 Å². The van der Waals surface area contributed by atoms with Crippen LogP contribution in [0.15, 0.2) is 36.0 Å². The van der Waals surface area contributed by atoms with Crippen molar-refractivity contribution < 1.29 is 0 Å². The highest BCUT2D eigenvalue weighted by Crippen LogP contribution is 2.27. The Morgan fingerprint density at radius 2 is 1.83 bits per heavy atom. The van der Waals surface area contributed by atoms with Crippen molar-refractivity contribution in [1.29, 1.82) is 0 Å². The lowest BCUT2D eigenvalue weighted by Crippen LogP contribution is -1.95. The van der Waals surface area contributed by atoms with Gasteiger partial charge in [-0.15, -0.1) is 11.3 Å². The van der Waals surface area contributed by atoms with Gasteiger partial charge in [-0.3, -0.25) is 0 Å². The van der Waals surface area contributed by atoms with Gasteiger partial charge in [0.25, 0.3) is 0 Å². The van der Waals surface area contributed by atoms with Gasteiger partial charge in [-0.25, -0.2) is 9.97 Å². The first-order chi connectivity index (χ1) is 8.72. The highest BCUT2D eigenvalue weighted by Gasteiger charge is 2.05.